The maximum Gasteiger partial charge on any atom is 0.312 e. The van der Waals surface area contributed by atoms with Crippen molar-refractivity contribution in [3.63, 3.8) is 0 Å². The molecule has 0 saturated heterocycles. The number of benzene rings is 2. The van der Waals surface area contributed by atoms with Gasteiger partial charge < -0.3 is 20.9 Å². The Kier molecular flexibility index (Phi) is 5.69. The molecule has 1 aromatic heterocycles. The van der Waals surface area contributed by atoms with Crippen LogP contribution in [0.25, 0.3) is 0 Å². The van der Waals surface area contributed by atoms with Crippen LogP contribution in [0.2, 0.25) is 0 Å². The van der Waals surface area contributed by atoms with Gasteiger partial charge in [-0.2, -0.15) is 0 Å². The Bertz CT molecular complexity index is 967. The number of aryl methyl sites for hydroxylation is 1. The third-order valence-electron chi connectivity index (χ3n) is 4.28. The summed E-state index contributed by atoms with van der Waals surface area (Å²) in [4.78, 5) is 27.9. The van der Waals surface area contributed by atoms with Crippen LogP contribution in [0.5, 0.6) is 0 Å². The number of hydrogen-bond donors (Lipinski definition) is 3. The Balaban J connectivity index is 1.80. The number of nitrogens with zero attached hydrogens (tertiary/aromatic N) is 2. The second kappa shape index (κ2) is 8.34. The van der Waals surface area contributed by atoms with Crippen molar-refractivity contribution in [3.05, 3.63) is 89.3 Å². The molecule has 1 atom stereocenters. The molecule has 8 heteroatoms. The summed E-state index contributed by atoms with van der Waals surface area (Å²) in [5, 5.41) is 5.44. The zero-order valence-electron chi connectivity index (χ0n) is 15.2. The number of halogens is 1. The van der Waals surface area contributed by atoms with Gasteiger partial charge in [0.05, 0.1) is 0 Å². The molecule has 7 nitrogen and oxygen atoms in total. The van der Waals surface area contributed by atoms with Gasteiger partial charge in [-0.25, -0.2) is 14.2 Å². The maximum atomic E-state index is 13.3. The predicted molar refractivity (Wildman–Crippen MR) is 102 cm³/mol. The highest BCUT2D eigenvalue weighted by molar-refractivity contribution is 5.94. The zero-order chi connectivity index (χ0) is 20.1. The lowest BCUT2D eigenvalue weighted by atomic mass is 10.0. The van der Waals surface area contributed by atoms with E-state index in [0.717, 1.165) is 5.56 Å². The summed E-state index contributed by atoms with van der Waals surface area (Å²) in [6.07, 6.45) is 3.41. The summed E-state index contributed by atoms with van der Waals surface area (Å²) < 4.78 is 15.1. The van der Waals surface area contributed by atoms with E-state index in [9.17, 15) is 14.0 Å². The summed E-state index contributed by atoms with van der Waals surface area (Å²) in [6, 6.07) is 11.6. The van der Waals surface area contributed by atoms with Gasteiger partial charge in [-0.15, -0.1) is 0 Å². The van der Waals surface area contributed by atoms with E-state index < -0.39 is 12.1 Å². The summed E-state index contributed by atoms with van der Waals surface area (Å²) in [5.41, 5.74) is 7.03. The Morgan fingerprint density at radius 2 is 1.82 bits per heavy atom. The molecule has 4 N–H and O–H groups in total. The standard InChI is InChI=1S/C20H20FN5O2/c1-26-11-10-23-18(26)17(14-6-8-16(21)9-7-14)25-19(27)15-4-2-13(3-5-15)12-24-20(22)28/h2-11,17H,12H2,1H3,(H,25,27)(H3,22,24,28). The molecule has 3 rings (SSSR count). The van der Waals surface area contributed by atoms with Crippen LogP contribution in [0.3, 0.4) is 0 Å². The number of imidazole rings is 1. The molecule has 144 valence electrons. The van der Waals surface area contributed by atoms with E-state index in [4.69, 9.17) is 5.73 Å². The molecule has 3 aromatic rings. The summed E-state index contributed by atoms with van der Waals surface area (Å²) in [6.45, 7) is 0.280. The lowest BCUT2D eigenvalue weighted by molar-refractivity contribution is 0.0941. The van der Waals surface area contributed by atoms with E-state index in [1.54, 1.807) is 53.4 Å². The molecule has 0 saturated carbocycles. The van der Waals surface area contributed by atoms with Crippen molar-refractivity contribution in [2.45, 2.75) is 12.6 Å². The van der Waals surface area contributed by atoms with Crippen molar-refractivity contribution in [1.82, 2.24) is 20.2 Å². The molecule has 28 heavy (non-hydrogen) atoms. The fraction of sp³-hybridized carbons (Fsp3) is 0.150. The van der Waals surface area contributed by atoms with Crippen molar-refractivity contribution in [2.24, 2.45) is 12.8 Å². The number of urea groups is 1. The molecule has 0 radical (unpaired) electrons. The molecule has 0 bridgehead atoms. The average molecular weight is 381 g/mol. The van der Waals surface area contributed by atoms with E-state index in [-0.39, 0.29) is 18.3 Å². The van der Waals surface area contributed by atoms with Crippen LogP contribution in [0, 0.1) is 5.82 Å². The highest BCUT2D eigenvalue weighted by Crippen LogP contribution is 2.21. The molecule has 1 heterocycles. The van der Waals surface area contributed by atoms with Gasteiger partial charge in [0.1, 0.15) is 17.7 Å². The predicted octanol–water partition coefficient (Wildman–Crippen LogP) is 2.25. The van der Waals surface area contributed by atoms with Crippen LogP contribution in [0.1, 0.15) is 33.4 Å². The first-order valence-corrected chi connectivity index (χ1v) is 8.60. The number of hydrogen-bond acceptors (Lipinski definition) is 3. The molecule has 0 aliphatic rings. The summed E-state index contributed by atoms with van der Waals surface area (Å²) in [5.74, 6) is -0.0252. The maximum absolute atomic E-state index is 13.3. The van der Waals surface area contributed by atoms with Crippen LogP contribution in [0.4, 0.5) is 9.18 Å². The minimum Gasteiger partial charge on any atom is -0.352 e. The van der Waals surface area contributed by atoms with Gasteiger partial charge >= 0.3 is 6.03 Å². The van der Waals surface area contributed by atoms with Crippen LogP contribution in [-0.4, -0.2) is 21.5 Å². The van der Waals surface area contributed by atoms with Crippen molar-refractivity contribution in [2.75, 3.05) is 0 Å². The van der Waals surface area contributed by atoms with Crippen molar-refractivity contribution in [1.29, 1.82) is 0 Å². The van der Waals surface area contributed by atoms with Crippen molar-refractivity contribution in [3.8, 4) is 0 Å². The molecular weight excluding hydrogens is 361 g/mol. The van der Waals surface area contributed by atoms with Gasteiger partial charge in [0.2, 0.25) is 0 Å². The molecule has 0 fully saturated rings. The summed E-state index contributed by atoms with van der Waals surface area (Å²) >= 11 is 0. The second-order valence-electron chi connectivity index (χ2n) is 6.27. The number of nitrogens with one attached hydrogen (secondary N) is 2. The van der Waals surface area contributed by atoms with Gasteiger partial charge in [0.15, 0.2) is 0 Å². The topological polar surface area (TPSA) is 102 Å². The van der Waals surface area contributed by atoms with E-state index in [1.165, 1.54) is 12.1 Å². The van der Waals surface area contributed by atoms with E-state index in [2.05, 4.69) is 15.6 Å². The van der Waals surface area contributed by atoms with Gasteiger partial charge in [0, 0.05) is 31.5 Å². The lowest BCUT2D eigenvalue weighted by Gasteiger charge is -2.19. The monoisotopic (exact) mass is 381 g/mol. The SMILES string of the molecule is Cn1ccnc1C(NC(=O)c1ccc(CNC(N)=O)cc1)c1ccc(F)cc1. The number of carbonyl (C=O) groups is 2. The molecular formula is C20H20FN5O2. The number of primary amides is 1. The zero-order valence-corrected chi connectivity index (χ0v) is 15.2. The second-order valence-corrected chi connectivity index (χ2v) is 6.27. The molecule has 0 spiro atoms. The normalized spacial score (nSPS) is 11.6. The first-order chi connectivity index (χ1) is 13.4. The third kappa shape index (κ3) is 4.53. The van der Waals surface area contributed by atoms with Crippen LogP contribution in [0.15, 0.2) is 60.9 Å². The van der Waals surface area contributed by atoms with Crippen LogP contribution >= 0.6 is 0 Å². The lowest BCUT2D eigenvalue weighted by Crippen LogP contribution is -2.31. The third-order valence-corrected chi connectivity index (χ3v) is 4.28. The quantitative estimate of drug-likeness (QED) is 0.610. The number of aromatic nitrogens is 2. The average Bonchev–Trinajstić information content (AvgIpc) is 3.11. The highest BCUT2D eigenvalue weighted by atomic mass is 19.1. The molecule has 0 aliphatic heterocycles. The Morgan fingerprint density at radius 1 is 1.14 bits per heavy atom. The largest absolute Gasteiger partial charge is 0.352 e. The van der Waals surface area contributed by atoms with Crippen molar-refractivity contribution < 1.29 is 14.0 Å². The first-order valence-electron chi connectivity index (χ1n) is 8.60. The Labute approximate surface area is 161 Å². The number of amides is 3. The highest BCUT2D eigenvalue weighted by Gasteiger charge is 2.21. The van der Waals surface area contributed by atoms with Gasteiger partial charge in [0.25, 0.3) is 5.91 Å². The fourth-order valence-corrected chi connectivity index (χ4v) is 2.79. The van der Waals surface area contributed by atoms with Crippen molar-refractivity contribution >= 4 is 11.9 Å². The molecule has 3 amide bonds. The van der Waals surface area contributed by atoms with Crippen LogP contribution < -0.4 is 16.4 Å². The molecule has 0 aliphatic carbocycles. The number of carbonyl (C=O) groups excluding carboxylic acids is 2. The first kappa shape index (κ1) is 19.1. The van der Waals surface area contributed by atoms with E-state index in [0.29, 0.717) is 17.0 Å². The minimum absolute atomic E-state index is 0.280. The van der Waals surface area contributed by atoms with Gasteiger partial charge in [-0.1, -0.05) is 24.3 Å². The Hall–Kier alpha value is -3.68. The minimum atomic E-state index is -0.612. The van der Waals surface area contributed by atoms with E-state index in [1.807, 2.05) is 7.05 Å². The smallest absolute Gasteiger partial charge is 0.312 e. The number of nitrogens with two attached hydrogens (primary N) is 1. The van der Waals surface area contributed by atoms with Gasteiger partial charge in [-0.3, -0.25) is 4.79 Å². The summed E-state index contributed by atoms with van der Waals surface area (Å²) in [7, 11) is 1.82. The van der Waals surface area contributed by atoms with Crippen LogP contribution in [-0.2, 0) is 13.6 Å². The molecule has 2 aromatic carbocycles. The van der Waals surface area contributed by atoms with E-state index >= 15 is 0 Å². The Morgan fingerprint density at radius 3 is 2.39 bits per heavy atom. The fourth-order valence-electron chi connectivity index (χ4n) is 2.79. The number of rotatable bonds is 6. The van der Waals surface area contributed by atoms with Gasteiger partial charge in [-0.05, 0) is 35.4 Å². The molecule has 1 unspecified atom stereocenters.